The number of hydrogen-bond donors (Lipinski definition) is 1. The number of ether oxygens (including phenoxy) is 3. The van der Waals surface area contributed by atoms with Crippen LogP contribution >= 0.6 is 0 Å². The van der Waals surface area contributed by atoms with E-state index in [4.69, 9.17) is 14.2 Å². The molecule has 32 heavy (non-hydrogen) atoms. The predicted octanol–water partition coefficient (Wildman–Crippen LogP) is 4.41. The molecule has 0 bridgehead atoms. The van der Waals surface area contributed by atoms with Gasteiger partial charge in [0.05, 0.1) is 30.9 Å². The summed E-state index contributed by atoms with van der Waals surface area (Å²) in [4.78, 5) is 17.4. The van der Waals surface area contributed by atoms with Gasteiger partial charge in [-0.1, -0.05) is 30.3 Å². The first-order chi connectivity index (χ1) is 15.6. The van der Waals surface area contributed by atoms with Crippen LogP contribution in [0.5, 0.6) is 17.2 Å². The van der Waals surface area contributed by atoms with Crippen LogP contribution in [-0.2, 0) is 17.9 Å². The molecule has 0 aliphatic heterocycles. The number of anilines is 1. The van der Waals surface area contributed by atoms with E-state index in [1.54, 1.807) is 4.57 Å². The molecule has 8 heteroatoms. The van der Waals surface area contributed by atoms with Crippen LogP contribution in [0.15, 0.2) is 66.7 Å². The zero-order valence-electron chi connectivity index (χ0n) is 17.7. The lowest BCUT2D eigenvalue weighted by Gasteiger charge is -2.13. The number of hydrogen-bond acceptors (Lipinski definition) is 5. The standard InChI is InChI=1S/C24H22FN3O4/c1-30-21-12-17(25)19(13-22(21)31-2)27-24(29)14-28-20-11-7-6-10-18(20)26-23(28)15-32-16-8-4-3-5-9-16/h3-13H,14-15H2,1-2H3,(H,27,29). The maximum absolute atomic E-state index is 14.4. The third kappa shape index (κ3) is 4.49. The van der Waals surface area contributed by atoms with E-state index in [9.17, 15) is 9.18 Å². The second-order valence-corrected chi connectivity index (χ2v) is 6.94. The van der Waals surface area contributed by atoms with Gasteiger partial charge in [-0.25, -0.2) is 9.37 Å². The second-order valence-electron chi connectivity index (χ2n) is 6.94. The summed E-state index contributed by atoms with van der Waals surface area (Å²) in [5, 5.41) is 2.60. The van der Waals surface area contributed by atoms with E-state index in [-0.39, 0.29) is 24.6 Å². The van der Waals surface area contributed by atoms with E-state index in [0.717, 1.165) is 11.0 Å². The zero-order valence-corrected chi connectivity index (χ0v) is 17.7. The Morgan fingerprint density at radius 1 is 1.00 bits per heavy atom. The minimum absolute atomic E-state index is 0.000781. The van der Waals surface area contributed by atoms with Crippen LogP contribution in [0.3, 0.4) is 0 Å². The summed E-state index contributed by atoms with van der Waals surface area (Å²) in [7, 11) is 2.86. The van der Waals surface area contributed by atoms with Crippen molar-refractivity contribution < 1.29 is 23.4 Å². The summed E-state index contributed by atoms with van der Waals surface area (Å²) in [6.07, 6.45) is 0. The summed E-state index contributed by atoms with van der Waals surface area (Å²) in [6.45, 7) is 0.110. The van der Waals surface area contributed by atoms with Crippen molar-refractivity contribution in [1.82, 2.24) is 9.55 Å². The average molecular weight is 435 g/mol. The number of carbonyl (C=O) groups excluding carboxylic acids is 1. The van der Waals surface area contributed by atoms with Crippen molar-refractivity contribution in [3.05, 3.63) is 78.4 Å². The molecule has 1 heterocycles. The molecular formula is C24H22FN3O4. The number of para-hydroxylation sites is 3. The Hall–Kier alpha value is -4.07. The summed E-state index contributed by atoms with van der Waals surface area (Å²) in [5.41, 5.74) is 1.52. The third-order valence-electron chi connectivity index (χ3n) is 4.89. The van der Waals surface area contributed by atoms with Gasteiger partial charge in [0, 0.05) is 12.1 Å². The van der Waals surface area contributed by atoms with Gasteiger partial charge in [0.2, 0.25) is 5.91 Å². The van der Waals surface area contributed by atoms with Gasteiger partial charge in [-0.2, -0.15) is 0 Å². The van der Waals surface area contributed by atoms with Gasteiger partial charge in [0.25, 0.3) is 0 Å². The number of rotatable bonds is 8. The lowest BCUT2D eigenvalue weighted by Crippen LogP contribution is -2.21. The highest BCUT2D eigenvalue weighted by molar-refractivity contribution is 5.92. The molecule has 0 saturated heterocycles. The van der Waals surface area contributed by atoms with Crippen molar-refractivity contribution in [2.45, 2.75) is 13.2 Å². The monoisotopic (exact) mass is 435 g/mol. The molecule has 0 radical (unpaired) electrons. The van der Waals surface area contributed by atoms with Crippen molar-refractivity contribution in [1.29, 1.82) is 0 Å². The number of amides is 1. The highest BCUT2D eigenvalue weighted by Gasteiger charge is 2.17. The topological polar surface area (TPSA) is 74.6 Å². The first-order valence-corrected chi connectivity index (χ1v) is 9.92. The molecule has 4 aromatic rings. The molecule has 3 aromatic carbocycles. The van der Waals surface area contributed by atoms with Gasteiger partial charge in [-0.15, -0.1) is 0 Å². The van der Waals surface area contributed by atoms with Gasteiger partial charge in [0.15, 0.2) is 17.3 Å². The smallest absolute Gasteiger partial charge is 0.244 e. The number of benzene rings is 3. The first-order valence-electron chi connectivity index (χ1n) is 9.92. The second kappa shape index (κ2) is 9.38. The summed E-state index contributed by atoms with van der Waals surface area (Å²) in [6, 6.07) is 19.4. The van der Waals surface area contributed by atoms with Crippen LogP contribution in [-0.4, -0.2) is 29.7 Å². The fourth-order valence-corrected chi connectivity index (χ4v) is 3.36. The fraction of sp³-hybridized carbons (Fsp3) is 0.167. The lowest BCUT2D eigenvalue weighted by atomic mass is 10.2. The van der Waals surface area contributed by atoms with Gasteiger partial charge in [0.1, 0.15) is 24.7 Å². The van der Waals surface area contributed by atoms with Crippen LogP contribution < -0.4 is 19.5 Å². The van der Waals surface area contributed by atoms with Crippen molar-refractivity contribution >= 4 is 22.6 Å². The van der Waals surface area contributed by atoms with Gasteiger partial charge in [-0.3, -0.25) is 4.79 Å². The van der Waals surface area contributed by atoms with E-state index in [1.807, 2.05) is 54.6 Å². The highest BCUT2D eigenvalue weighted by Crippen LogP contribution is 2.32. The number of halogens is 1. The lowest BCUT2D eigenvalue weighted by molar-refractivity contribution is -0.116. The largest absolute Gasteiger partial charge is 0.493 e. The molecule has 0 spiro atoms. The molecule has 7 nitrogen and oxygen atoms in total. The maximum Gasteiger partial charge on any atom is 0.244 e. The Morgan fingerprint density at radius 2 is 1.69 bits per heavy atom. The van der Waals surface area contributed by atoms with Crippen LogP contribution in [0, 0.1) is 5.82 Å². The third-order valence-corrected chi connectivity index (χ3v) is 4.89. The van der Waals surface area contributed by atoms with E-state index < -0.39 is 11.7 Å². The first kappa shape index (κ1) is 21.2. The number of methoxy groups -OCH3 is 2. The maximum atomic E-state index is 14.4. The van der Waals surface area contributed by atoms with E-state index in [2.05, 4.69) is 10.3 Å². The molecule has 1 aromatic heterocycles. The molecular weight excluding hydrogens is 413 g/mol. The van der Waals surface area contributed by atoms with Crippen molar-refractivity contribution in [3.63, 3.8) is 0 Å². The molecule has 0 fully saturated rings. The predicted molar refractivity (Wildman–Crippen MR) is 119 cm³/mol. The van der Waals surface area contributed by atoms with E-state index >= 15 is 0 Å². The number of imidazole rings is 1. The Morgan fingerprint density at radius 3 is 2.44 bits per heavy atom. The molecule has 0 unspecified atom stereocenters. The number of fused-ring (bicyclic) bond motifs is 1. The summed E-state index contributed by atoms with van der Waals surface area (Å²) >= 11 is 0. The SMILES string of the molecule is COc1cc(F)c(NC(=O)Cn2c(COc3ccccc3)nc3ccccc32)cc1OC. The van der Waals surface area contributed by atoms with Crippen LogP contribution in [0.4, 0.5) is 10.1 Å². The normalized spacial score (nSPS) is 10.7. The average Bonchev–Trinajstić information content (AvgIpc) is 3.16. The van der Waals surface area contributed by atoms with Crippen molar-refractivity contribution in [2.75, 3.05) is 19.5 Å². The Kier molecular flexibility index (Phi) is 6.21. The van der Waals surface area contributed by atoms with Crippen molar-refractivity contribution in [2.24, 2.45) is 0 Å². The summed E-state index contributed by atoms with van der Waals surface area (Å²) < 4.78 is 32.3. The van der Waals surface area contributed by atoms with Crippen molar-refractivity contribution in [3.8, 4) is 17.2 Å². The highest BCUT2D eigenvalue weighted by atomic mass is 19.1. The number of nitrogens with one attached hydrogen (secondary N) is 1. The van der Waals surface area contributed by atoms with Gasteiger partial charge >= 0.3 is 0 Å². The van der Waals surface area contributed by atoms with E-state index in [0.29, 0.717) is 17.3 Å². The molecule has 0 atom stereocenters. The van der Waals surface area contributed by atoms with Gasteiger partial charge < -0.3 is 24.1 Å². The molecule has 1 N–H and O–H groups in total. The quantitative estimate of drug-likeness (QED) is 0.444. The molecule has 0 aliphatic carbocycles. The molecule has 4 rings (SSSR count). The van der Waals surface area contributed by atoms with Crippen LogP contribution in [0.2, 0.25) is 0 Å². The zero-order chi connectivity index (χ0) is 22.5. The van der Waals surface area contributed by atoms with Crippen LogP contribution in [0.1, 0.15) is 5.82 Å². The Bertz CT molecular complexity index is 1240. The number of aromatic nitrogens is 2. The summed E-state index contributed by atoms with van der Waals surface area (Å²) in [5.74, 6) is 0.790. The Balaban J connectivity index is 1.57. The fourth-order valence-electron chi connectivity index (χ4n) is 3.36. The molecule has 164 valence electrons. The number of carbonyl (C=O) groups is 1. The molecule has 1 amide bonds. The molecule has 0 aliphatic rings. The minimum atomic E-state index is -0.626. The van der Waals surface area contributed by atoms with Gasteiger partial charge in [-0.05, 0) is 24.3 Å². The molecule has 0 saturated carbocycles. The minimum Gasteiger partial charge on any atom is -0.493 e. The Labute approximate surface area is 184 Å². The van der Waals surface area contributed by atoms with Crippen LogP contribution in [0.25, 0.3) is 11.0 Å². The van der Waals surface area contributed by atoms with E-state index in [1.165, 1.54) is 26.4 Å². The number of nitrogens with zero attached hydrogens (tertiary/aromatic N) is 2.